The van der Waals surface area contributed by atoms with Gasteiger partial charge in [0.1, 0.15) is 17.8 Å². The van der Waals surface area contributed by atoms with Crippen molar-refractivity contribution in [1.29, 1.82) is 0 Å². The van der Waals surface area contributed by atoms with Gasteiger partial charge in [-0.05, 0) is 31.7 Å². The molecular formula is C21H26N6O3. The van der Waals surface area contributed by atoms with Crippen LogP contribution in [0.25, 0.3) is 11.5 Å². The molecule has 1 aliphatic carbocycles. The number of hydrogen-bond donors (Lipinski definition) is 1. The van der Waals surface area contributed by atoms with Crippen molar-refractivity contribution in [1.82, 2.24) is 29.4 Å². The third-order valence-electron chi connectivity index (χ3n) is 5.25. The SMILES string of the molecule is COCCO[C@H]1CC[C@H](NC(=O)c2cc(-n3ccnc3)cc(-n3ccnc3)n2)CC1. The quantitative estimate of drug-likeness (QED) is 0.572. The van der Waals surface area contributed by atoms with Gasteiger partial charge in [0.15, 0.2) is 0 Å². The Labute approximate surface area is 175 Å². The van der Waals surface area contributed by atoms with Gasteiger partial charge < -0.3 is 19.4 Å². The fraction of sp³-hybridized carbons (Fsp3) is 0.429. The Hall–Kier alpha value is -3.04. The van der Waals surface area contributed by atoms with Crippen molar-refractivity contribution in [2.75, 3.05) is 20.3 Å². The molecule has 0 spiro atoms. The molecule has 158 valence electrons. The van der Waals surface area contributed by atoms with E-state index in [1.165, 1.54) is 0 Å². The van der Waals surface area contributed by atoms with Crippen LogP contribution in [0.3, 0.4) is 0 Å². The van der Waals surface area contributed by atoms with E-state index in [0.29, 0.717) is 24.7 Å². The minimum Gasteiger partial charge on any atom is -0.382 e. The van der Waals surface area contributed by atoms with Crippen LogP contribution in [0.15, 0.2) is 49.6 Å². The Morgan fingerprint density at radius 2 is 1.80 bits per heavy atom. The van der Waals surface area contributed by atoms with Crippen LogP contribution >= 0.6 is 0 Å². The second kappa shape index (κ2) is 9.64. The van der Waals surface area contributed by atoms with E-state index in [0.717, 1.165) is 31.4 Å². The van der Waals surface area contributed by atoms with Gasteiger partial charge in [-0.3, -0.25) is 9.36 Å². The molecule has 0 aromatic carbocycles. The molecule has 3 aromatic heterocycles. The maximum absolute atomic E-state index is 13.0. The molecule has 30 heavy (non-hydrogen) atoms. The first-order valence-corrected chi connectivity index (χ1v) is 10.1. The molecule has 0 unspecified atom stereocenters. The molecule has 0 saturated heterocycles. The highest BCUT2D eigenvalue weighted by molar-refractivity contribution is 5.93. The molecule has 0 aliphatic heterocycles. The smallest absolute Gasteiger partial charge is 0.270 e. The lowest BCUT2D eigenvalue weighted by Crippen LogP contribution is -2.39. The number of carbonyl (C=O) groups is 1. The molecule has 3 aromatic rings. The number of imidazole rings is 2. The van der Waals surface area contributed by atoms with Gasteiger partial charge in [0.25, 0.3) is 5.91 Å². The fourth-order valence-electron chi connectivity index (χ4n) is 3.64. The summed E-state index contributed by atoms with van der Waals surface area (Å²) in [4.78, 5) is 25.7. The maximum atomic E-state index is 13.0. The van der Waals surface area contributed by atoms with E-state index >= 15 is 0 Å². The van der Waals surface area contributed by atoms with Crippen LogP contribution in [0.4, 0.5) is 0 Å². The molecule has 3 heterocycles. The van der Waals surface area contributed by atoms with Crippen LogP contribution in [-0.4, -0.2) is 62.5 Å². The Morgan fingerprint density at radius 1 is 1.07 bits per heavy atom. The first-order valence-electron chi connectivity index (χ1n) is 10.1. The zero-order chi connectivity index (χ0) is 20.8. The second-order valence-electron chi connectivity index (χ2n) is 7.32. The Bertz CT molecular complexity index is 881. The lowest BCUT2D eigenvalue weighted by molar-refractivity contribution is -0.00409. The van der Waals surface area contributed by atoms with E-state index in [4.69, 9.17) is 9.47 Å². The van der Waals surface area contributed by atoms with Crippen molar-refractivity contribution < 1.29 is 14.3 Å². The van der Waals surface area contributed by atoms with Crippen LogP contribution in [0.1, 0.15) is 36.2 Å². The highest BCUT2D eigenvalue weighted by atomic mass is 16.5. The fourth-order valence-corrected chi connectivity index (χ4v) is 3.64. The Morgan fingerprint density at radius 3 is 2.47 bits per heavy atom. The molecule has 9 nitrogen and oxygen atoms in total. The summed E-state index contributed by atoms with van der Waals surface area (Å²) in [6, 6.07) is 3.79. The van der Waals surface area contributed by atoms with Crippen molar-refractivity contribution >= 4 is 5.91 Å². The minimum absolute atomic E-state index is 0.121. The standard InChI is InChI=1S/C21H26N6O3/c1-29-10-11-30-18-4-2-16(3-5-18)24-21(28)19-12-17(26-8-6-22-14-26)13-20(25-19)27-9-7-23-15-27/h6-9,12-16,18H,2-5,10-11H2,1H3,(H,24,28)/t16-,18-. The second-order valence-corrected chi connectivity index (χ2v) is 7.32. The molecule has 1 fully saturated rings. The number of methoxy groups -OCH3 is 1. The lowest BCUT2D eigenvalue weighted by Gasteiger charge is -2.29. The molecule has 4 rings (SSSR count). The van der Waals surface area contributed by atoms with Gasteiger partial charge in [-0.25, -0.2) is 15.0 Å². The van der Waals surface area contributed by atoms with E-state index in [-0.39, 0.29) is 18.1 Å². The van der Waals surface area contributed by atoms with E-state index < -0.39 is 0 Å². The number of rotatable bonds is 8. The topological polar surface area (TPSA) is 96.1 Å². The molecular weight excluding hydrogens is 384 g/mol. The number of pyridine rings is 1. The zero-order valence-corrected chi connectivity index (χ0v) is 17.0. The van der Waals surface area contributed by atoms with Crippen LogP contribution in [0.5, 0.6) is 0 Å². The average Bonchev–Trinajstić information content (AvgIpc) is 3.49. The first-order chi connectivity index (χ1) is 14.7. The van der Waals surface area contributed by atoms with Crippen molar-refractivity contribution in [3.8, 4) is 11.5 Å². The highest BCUT2D eigenvalue weighted by Gasteiger charge is 2.24. The Kier molecular flexibility index (Phi) is 6.50. The normalized spacial score (nSPS) is 19.0. The summed E-state index contributed by atoms with van der Waals surface area (Å²) >= 11 is 0. The van der Waals surface area contributed by atoms with Gasteiger partial charge >= 0.3 is 0 Å². The van der Waals surface area contributed by atoms with Crippen LogP contribution in [0.2, 0.25) is 0 Å². The zero-order valence-electron chi connectivity index (χ0n) is 17.0. The number of nitrogens with one attached hydrogen (secondary N) is 1. The molecule has 1 amide bonds. The summed E-state index contributed by atoms with van der Waals surface area (Å²) in [6.45, 7) is 1.22. The molecule has 1 aliphatic rings. The van der Waals surface area contributed by atoms with Crippen molar-refractivity contribution in [3.63, 3.8) is 0 Å². The number of carbonyl (C=O) groups excluding carboxylic acids is 1. The summed E-state index contributed by atoms with van der Waals surface area (Å²) in [5, 5.41) is 3.14. The van der Waals surface area contributed by atoms with Gasteiger partial charge in [0.2, 0.25) is 0 Å². The van der Waals surface area contributed by atoms with E-state index in [1.807, 2.05) is 16.8 Å². The minimum atomic E-state index is -0.179. The molecule has 1 N–H and O–H groups in total. The predicted octanol–water partition coefficient (Wildman–Crippen LogP) is 2.16. The summed E-state index contributed by atoms with van der Waals surface area (Å²) < 4.78 is 14.5. The number of ether oxygens (including phenoxy) is 2. The molecule has 9 heteroatoms. The third kappa shape index (κ3) is 4.92. The summed E-state index contributed by atoms with van der Waals surface area (Å²) in [5.74, 6) is 0.446. The van der Waals surface area contributed by atoms with Crippen LogP contribution < -0.4 is 5.32 Å². The highest BCUT2D eigenvalue weighted by Crippen LogP contribution is 2.22. The third-order valence-corrected chi connectivity index (χ3v) is 5.25. The van der Waals surface area contributed by atoms with E-state index in [2.05, 4.69) is 20.3 Å². The molecule has 1 saturated carbocycles. The summed E-state index contributed by atoms with van der Waals surface area (Å²) in [6.07, 6.45) is 14.2. The predicted molar refractivity (Wildman–Crippen MR) is 110 cm³/mol. The first kappa shape index (κ1) is 20.2. The Balaban J connectivity index is 1.45. The average molecular weight is 410 g/mol. The van der Waals surface area contributed by atoms with Crippen molar-refractivity contribution in [2.45, 2.75) is 37.8 Å². The van der Waals surface area contributed by atoms with E-state index in [1.54, 1.807) is 49.0 Å². The number of hydrogen-bond acceptors (Lipinski definition) is 6. The van der Waals surface area contributed by atoms with E-state index in [9.17, 15) is 4.79 Å². The van der Waals surface area contributed by atoms with Gasteiger partial charge in [0, 0.05) is 44.0 Å². The number of amides is 1. The molecule has 0 bridgehead atoms. The lowest BCUT2D eigenvalue weighted by atomic mass is 9.93. The van der Waals surface area contributed by atoms with Gasteiger partial charge in [-0.2, -0.15) is 0 Å². The molecule has 0 atom stereocenters. The van der Waals surface area contributed by atoms with Crippen LogP contribution in [0, 0.1) is 0 Å². The van der Waals surface area contributed by atoms with Crippen molar-refractivity contribution in [2.24, 2.45) is 0 Å². The molecule has 0 radical (unpaired) electrons. The number of nitrogens with zero attached hydrogens (tertiary/aromatic N) is 5. The maximum Gasteiger partial charge on any atom is 0.270 e. The number of aromatic nitrogens is 5. The largest absolute Gasteiger partial charge is 0.382 e. The van der Waals surface area contributed by atoms with Crippen molar-refractivity contribution in [3.05, 3.63) is 55.3 Å². The monoisotopic (exact) mass is 410 g/mol. The van der Waals surface area contributed by atoms with Gasteiger partial charge in [-0.15, -0.1) is 0 Å². The van der Waals surface area contributed by atoms with Crippen LogP contribution in [-0.2, 0) is 9.47 Å². The van der Waals surface area contributed by atoms with Gasteiger partial charge in [-0.1, -0.05) is 0 Å². The summed E-state index contributed by atoms with van der Waals surface area (Å²) in [7, 11) is 1.67. The van der Waals surface area contributed by atoms with Gasteiger partial charge in [0.05, 0.1) is 31.3 Å². The summed E-state index contributed by atoms with van der Waals surface area (Å²) in [5.41, 5.74) is 1.18.